The maximum Gasteiger partial charge on any atom is 0.229 e. The highest BCUT2D eigenvalue weighted by atomic mass is 35.5. The number of nitrogens with one attached hydrogen (secondary N) is 2. The van der Waals surface area contributed by atoms with Crippen molar-refractivity contribution in [2.45, 2.75) is 0 Å². The van der Waals surface area contributed by atoms with Crippen LogP contribution in [0.1, 0.15) is 0 Å². The molecule has 2 aromatic carbocycles. The summed E-state index contributed by atoms with van der Waals surface area (Å²) in [5.74, 6) is 2.46. The summed E-state index contributed by atoms with van der Waals surface area (Å²) in [6, 6.07) is 14.6. The molecule has 2 N–H and O–H groups in total. The van der Waals surface area contributed by atoms with Gasteiger partial charge in [-0.15, -0.1) is 0 Å². The van der Waals surface area contributed by atoms with Gasteiger partial charge in [0.2, 0.25) is 5.95 Å². The first kappa shape index (κ1) is 16.9. The Kier molecular flexibility index (Phi) is 5.20. The van der Waals surface area contributed by atoms with Crippen LogP contribution in [-0.4, -0.2) is 24.2 Å². The molecule has 1 aromatic heterocycles. The first-order valence-electron chi connectivity index (χ1n) is 7.52. The lowest BCUT2D eigenvalue weighted by Gasteiger charge is -2.12. The smallest absolute Gasteiger partial charge is 0.229 e. The minimum Gasteiger partial charge on any atom is -0.497 e. The molecule has 0 atom stereocenters. The Bertz CT molecular complexity index is 873. The number of methoxy groups -OCH3 is 2. The van der Waals surface area contributed by atoms with Gasteiger partial charge in [0.05, 0.1) is 19.9 Å². The number of anilines is 4. The Labute approximate surface area is 150 Å². The summed E-state index contributed by atoms with van der Waals surface area (Å²) in [5.41, 5.74) is 1.59. The molecular formula is C18H17ClN4O2. The molecule has 6 nitrogen and oxygen atoms in total. The number of hydrogen-bond acceptors (Lipinski definition) is 6. The molecule has 0 saturated carbocycles. The molecule has 0 aliphatic carbocycles. The Morgan fingerprint density at radius 2 is 1.84 bits per heavy atom. The fourth-order valence-corrected chi connectivity index (χ4v) is 2.41. The molecule has 0 aliphatic heterocycles. The van der Waals surface area contributed by atoms with E-state index in [9.17, 15) is 0 Å². The van der Waals surface area contributed by atoms with E-state index in [1.165, 1.54) is 0 Å². The molecule has 0 aliphatic rings. The van der Waals surface area contributed by atoms with Gasteiger partial charge in [-0.25, -0.2) is 4.98 Å². The molecule has 0 radical (unpaired) electrons. The average Bonchev–Trinajstić information content (AvgIpc) is 2.62. The van der Waals surface area contributed by atoms with E-state index in [2.05, 4.69) is 20.6 Å². The van der Waals surface area contributed by atoms with Crippen LogP contribution in [0.3, 0.4) is 0 Å². The summed E-state index contributed by atoms with van der Waals surface area (Å²) >= 11 is 5.99. The van der Waals surface area contributed by atoms with Crippen molar-refractivity contribution in [2.24, 2.45) is 0 Å². The molecule has 1 heterocycles. The maximum atomic E-state index is 5.99. The predicted molar refractivity (Wildman–Crippen MR) is 99.6 cm³/mol. The first-order valence-corrected chi connectivity index (χ1v) is 7.90. The van der Waals surface area contributed by atoms with Gasteiger partial charge in [0, 0.05) is 23.0 Å². The number of aromatic nitrogens is 2. The van der Waals surface area contributed by atoms with Crippen LogP contribution >= 0.6 is 11.6 Å². The minimum atomic E-state index is 0.458. The van der Waals surface area contributed by atoms with E-state index in [0.29, 0.717) is 28.3 Å². The molecule has 128 valence electrons. The summed E-state index contributed by atoms with van der Waals surface area (Å²) in [6.45, 7) is 0. The third kappa shape index (κ3) is 4.30. The van der Waals surface area contributed by atoms with Crippen LogP contribution in [0.15, 0.2) is 54.7 Å². The van der Waals surface area contributed by atoms with Crippen LogP contribution in [0.4, 0.5) is 23.1 Å². The second-order valence-corrected chi connectivity index (χ2v) is 5.53. The second kappa shape index (κ2) is 7.72. The van der Waals surface area contributed by atoms with Gasteiger partial charge in [0.25, 0.3) is 0 Å². The highest BCUT2D eigenvalue weighted by Crippen LogP contribution is 2.31. The Balaban J connectivity index is 1.80. The van der Waals surface area contributed by atoms with Crippen molar-refractivity contribution in [3.05, 3.63) is 59.8 Å². The Hall–Kier alpha value is -2.99. The van der Waals surface area contributed by atoms with Gasteiger partial charge in [-0.1, -0.05) is 17.7 Å². The van der Waals surface area contributed by atoms with Gasteiger partial charge < -0.3 is 20.1 Å². The fraction of sp³-hybridized carbons (Fsp3) is 0.111. The molecule has 0 unspecified atom stereocenters. The summed E-state index contributed by atoms with van der Waals surface area (Å²) < 4.78 is 10.6. The van der Waals surface area contributed by atoms with E-state index in [-0.39, 0.29) is 0 Å². The highest BCUT2D eigenvalue weighted by Gasteiger charge is 2.07. The van der Waals surface area contributed by atoms with Gasteiger partial charge >= 0.3 is 0 Å². The largest absolute Gasteiger partial charge is 0.497 e. The van der Waals surface area contributed by atoms with Gasteiger partial charge in [0.1, 0.15) is 17.3 Å². The van der Waals surface area contributed by atoms with Crippen LogP contribution in [0.2, 0.25) is 5.02 Å². The van der Waals surface area contributed by atoms with E-state index >= 15 is 0 Å². The van der Waals surface area contributed by atoms with Crippen molar-refractivity contribution in [3.63, 3.8) is 0 Å². The molecule has 7 heteroatoms. The highest BCUT2D eigenvalue weighted by molar-refractivity contribution is 6.30. The van der Waals surface area contributed by atoms with Crippen molar-refractivity contribution in [1.82, 2.24) is 9.97 Å². The monoisotopic (exact) mass is 356 g/mol. The van der Waals surface area contributed by atoms with E-state index in [1.807, 2.05) is 30.3 Å². The number of ether oxygens (including phenoxy) is 2. The Morgan fingerprint density at radius 3 is 2.60 bits per heavy atom. The third-order valence-corrected chi connectivity index (χ3v) is 3.64. The molecular weight excluding hydrogens is 340 g/mol. The normalized spacial score (nSPS) is 10.2. The van der Waals surface area contributed by atoms with Crippen molar-refractivity contribution >= 4 is 34.7 Å². The lowest BCUT2D eigenvalue weighted by molar-refractivity contribution is 0.395. The zero-order chi connectivity index (χ0) is 17.6. The number of benzene rings is 2. The molecule has 0 bridgehead atoms. The van der Waals surface area contributed by atoms with Crippen LogP contribution in [0.5, 0.6) is 11.5 Å². The lowest BCUT2D eigenvalue weighted by atomic mass is 10.2. The van der Waals surface area contributed by atoms with Crippen molar-refractivity contribution in [1.29, 1.82) is 0 Å². The van der Waals surface area contributed by atoms with Crippen LogP contribution in [0.25, 0.3) is 0 Å². The zero-order valence-corrected chi connectivity index (χ0v) is 14.5. The van der Waals surface area contributed by atoms with E-state index in [4.69, 9.17) is 21.1 Å². The molecule has 3 rings (SSSR count). The SMILES string of the molecule is COc1ccc(Nc2ccnc(Nc3cccc(Cl)c3)n2)c(OC)c1. The van der Waals surface area contributed by atoms with Gasteiger partial charge in [-0.2, -0.15) is 4.98 Å². The van der Waals surface area contributed by atoms with Gasteiger partial charge in [-0.3, -0.25) is 0 Å². The molecule has 0 spiro atoms. The number of hydrogen-bond donors (Lipinski definition) is 2. The number of rotatable bonds is 6. The van der Waals surface area contributed by atoms with E-state index in [1.54, 1.807) is 38.6 Å². The number of nitrogens with zero attached hydrogens (tertiary/aromatic N) is 2. The third-order valence-electron chi connectivity index (χ3n) is 3.41. The minimum absolute atomic E-state index is 0.458. The molecule has 3 aromatic rings. The quantitative estimate of drug-likeness (QED) is 0.671. The molecule has 0 fully saturated rings. The predicted octanol–water partition coefficient (Wildman–Crippen LogP) is 4.63. The first-order chi connectivity index (χ1) is 12.2. The zero-order valence-electron chi connectivity index (χ0n) is 13.8. The summed E-state index contributed by atoms with van der Waals surface area (Å²) in [7, 11) is 3.21. The summed E-state index contributed by atoms with van der Waals surface area (Å²) in [6.07, 6.45) is 1.66. The summed E-state index contributed by atoms with van der Waals surface area (Å²) in [5, 5.41) is 6.98. The Morgan fingerprint density at radius 1 is 0.960 bits per heavy atom. The lowest BCUT2D eigenvalue weighted by Crippen LogP contribution is -2.01. The van der Waals surface area contributed by atoms with Crippen LogP contribution in [0, 0.1) is 0 Å². The average molecular weight is 357 g/mol. The molecule has 0 saturated heterocycles. The maximum absolute atomic E-state index is 5.99. The standard InChI is InChI=1S/C18H17ClN4O2/c1-24-14-6-7-15(16(11-14)25-2)22-17-8-9-20-18(23-17)21-13-5-3-4-12(19)10-13/h3-11H,1-2H3,(H2,20,21,22,23). The fourth-order valence-electron chi connectivity index (χ4n) is 2.22. The topological polar surface area (TPSA) is 68.3 Å². The van der Waals surface area contributed by atoms with Gasteiger partial charge in [-0.05, 0) is 36.4 Å². The van der Waals surface area contributed by atoms with Gasteiger partial charge in [0.15, 0.2) is 0 Å². The van der Waals surface area contributed by atoms with Crippen molar-refractivity contribution in [3.8, 4) is 11.5 Å². The number of halogens is 1. The van der Waals surface area contributed by atoms with E-state index in [0.717, 1.165) is 11.4 Å². The van der Waals surface area contributed by atoms with Crippen molar-refractivity contribution in [2.75, 3.05) is 24.9 Å². The van der Waals surface area contributed by atoms with Crippen molar-refractivity contribution < 1.29 is 9.47 Å². The van der Waals surface area contributed by atoms with E-state index < -0.39 is 0 Å². The molecule has 0 amide bonds. The van der Waals surface area contributed by atoms with Crippen LogP contribution < -0.4 is 20.1 Å². The van der Waals surface area contributed by atoms with Crippen LogP contribution in [-0.2, 0) is 0 Å². The second-order valence-electron chi connectivity index (χ2n) is 5.09. The summed E-state index contributed by atoms with van der Waals surface area (Å²) in [4.78, 5) is 8.67. The molecule has 25 heavy (non-hydrogen) atoms.